The Morgan fingerprint density at radius 2 is 1.38 bits per heavy atom. The van der Waals surface area contributed by atoms with Crippen LogP contribution >= 0.6 is 0 Å². The first kappa shape index (κ1) is 44.0. The molecule has 9 heteroatoms. The maximum absolute atomic E-state index is 13.3. The molecule has 0 aliphatic heterocycles. The van der Waals surface area contributed by atoms with Crippen molar-refractivity contribution in [1.82, 2.24) is 0 Å². The average molecular weight is 748 g/mol. The van der Waals surface area contributed by atoms with Crippen molar-refractivity contribution in [2.45, 2.75) is 196 Å². The fourth-order valence-corrected chi connectivity index (χ4v) is 11.1. The second-order valence-electron chi connectivity index (χ2n) is 21.0. The predicted octanol–water partition coefficient (Wildman–Crippen LogP) is 9.17. The summed E-state index contributed by atoms with van der Waals surface area (Å²) >= 11 is 0. The molecular formula is C44H77NO8. The van der Waals surface area contributed by atoms with Crippen molar-refractivity contribution in [3.8, 4) is 0 Å². The molecule has 306 valence electrons. The zero-order valence-corrected chi connectivity index (χ0v) is 35.6. The van der Waals surface area contributed by atoms with Gasteiger partial charge < -0.3 is 29.4 Å². The molecule has 4 saturated carbocycles. The predicted molar refractivity (Wildman–Crippen MR) is 208 cm³/mol. The quantitative estimate of drug-likeness (QED) is 0.0802. The van der Waals surface area contributed by atoms with Crippen LogP contribution in [0.15, 0.2) is 0 Å². The molecular weight excluding hydrogens is 670 g/mol. The number of hydrogen-bond acceptors (Lipinski definition) is 9. The Hall–Kier alpha value is -1.71. The van der Waals surface area contributed by atoms with E-state index in [0.717, 1.165) is 43.9 Å². The third kappa shape index (κ3) is 11.7. The molecule has 2 N–H and O–H groups in total. The summed E-state index contributed by atoms with van der Waals surface area (Å²) in [4.78, 5) is 38.4. The molecule has 0 amide bonds. The van der Waals surface area contributed by atoms with Crippen molar-refractivity contribution in [3.63, 3.8) is 0 Å². The van der Waals surface area contributed by atoms with E-state index in [1.807, 2.05) is 62.3 Å². The summed E-state index contributed by atoms with van der Waals surface area (Å²) in [6.45, 7) is 25.3. The maximum Gasteiger partial charge on any atom is 0.323 e. The molecule has 0 bridgehead atoms. The van der Waals surface area contributed by atoms with E-state index in [1.54, 1.807) is 0 Å². The molecule has 0 radical (unpaired) electrons. The monoisotopic (exact) mass is 748 g/mol. The van der Waals surface area contributed by atoms with Crippen LogP contribution in [0.25, 0.3) is 0 Å². The van der Waals surface area contributed by atoms with Crippen LogP contribution in [0.4, 0.5) is 0 Å². The van der Waals surface area contributed by atoms with Gasteiger partial charge in [-0.3, -0.25) is 14.4 Å². The Kier molecular flexibility index (Phi) is 14.3. The van der Waals surface area contributed by atoms with E-state index in [4.69, 9.17) is 29.4 Å². The van der Waals surface area contributed by atoms with Gasteiger partial charge in [-0.25, -0.2) is 0 Å². The van der Waals surface area contributed by atoms with Crippen molar-refractivity contribution >= 4 is 17.9 Å². The smallest absolute Gasteiger partial charge is 0.323 e. The van der Waals surface area contributed by atoms with Gasteiger partial charge in [0.25, 0.3) is 0 Å². The summed E-state index contributed by atoms with van der Waals surface area (Å²) in [6.07, 6.45) is 12.4. The Morgan fingerprint density at radius 1 is 0.736 bits per heavy atom. The average Bonchev–Trinajstić information content (AvgIpc) is 3.38. The number of esters is 3. The summed E-state index contributed by atoms with van der Waals surface area (Å²) in [7, 11) is 0. The molecule has 4 rings (SSSR count). The van der Waals surface area contributed by atoms with Crippen molar-refractivity contribution < 1.29 is 38.1 Å². The minimum absolute atomic E-state index is 0.101. The van der Waals surface area contributed by atoms with Crippen molar-refractivity contribution in [1.29, 1.82) is 0 Å². The Morgan fingerprint density at radius 3 is 2.02 bits per heavy atom. The van der Waals surface area contributed by atoms with Gasteiger partial charge in [0.1, 0.15) is 30.1 Å². The summed E-state index contributed by atoms with van der Waals surface area (Å²) in [5.74, 6) is 2.71. The van der Waals surface area contributed by atoms with Gasteiger partial charge >= 0.3 is 17.9 Å². The van der Waals surface area contributed by atoms with Crippen LogP contribution < -0.4 is 5.73 Å². The third-order valence-electron chi connectivity index (χ3n) is 13.6. The highest BCUT2D eigenvalue weighted by Crippen LogP contribution is 2.68. The second kappa shape index (κ2) is 17.2. The fraction of sp³-hybridized carbons (Fsp3) is 0.932. The topological polar surface area (TPSA) is 123 Å². The maximum atomic E-state index is 13.3. The van der Waals surface area contributed by atoms with Crippen molar-refractivity contribution in [2.75, 3.05) is 13.4 Å². The fourth-order valence-electron chi connectivity index (χ4n) is 11.1. The standard InChI is InChI=1S/C44H77NO8/c1-28(13-14-29(38(47)53-42(8,9)10)26-49-27-50-40(2,3)4)33-17-18-34-32-16-15-30-25-31(21-23-43(30,11)35(32)22-24-44(33,34)12)51-39(48)36(45)19-20-37(46)52-41(5,6)7/h28-36H,13-27,45H2,1-12H3/t28-,29?,30?,31-,32?,33?,34?,35?,36+,43?,44?/m1/s1. The van der Waals surface area contributed by atoms with Crippen LogP contribution in [-0.2, 0) is 38.1 Å². The minimum atomic E-state index is -0.815. The highest BCUT2D eigenvalue weighted by Gasteiger charge is 2.60. The van der Waals surface area contributed by atoms with Gasteiger partial charge in [-0.15, -0.1) is 0 Å². The van der Waals surface area contributed by atoms with Crippen LogP contribution in [0.2, 0.25) is 0 Å². The Balaban J connectivity index is 1.31. The first-order chi connectivity index (χ1) is 24.4. The summed E-state index contributed by atoms with van der Waals surface area (Å²) in [5, 5.41) is 0. The van der Waals surface area contributed by atoms with Gasteiger partial charge in [0.2, 0.25) is 0 Å². The van der Waals surface area contributed by atoms with Crippen LogP contribution in [0.1, 0.15) is 167 Å². The van der Waals surface area contributed by atoms with E-state index >= 15 is 0 Å². The van der Waals surface area contributed by atoms with E-state index in [0.29, 0.717) is 35.7 Å². The highest BCUT2D eigenvalue weighted by atomic mass is 16.7. The molecule has 0 spiro atoms. The van der Waals surface area contributed by atoms with Gasteiger partial charge in [0.05, 0.1) is 18.1 Å². The van der Waals surface area contributed by atoms with Gasteiger partial charge in [-0.1, -0.05) is 20.8 Å². The first-order valence-electron chi connectivity index (χ1n) is 21.0. The van der Waals surface area contributed by atoms with Crippen LogP contribution in [0.3, 0.4) is 0 Å². The molecule has 0 heterocycles. The van der Waals surface area contributed by atoms with E-state index in [9.17, 15) is 14.4 Å². The van der Waals surface area contributed by atoms with E-state index in [2.05, 4.69) is 20.8 Å². The molecule has 4 aliphatic rings. The van der Waals surface area contributed by atoms with E-state index < -0.39 is 23.2 Å². The molecule has 0 aromatic heterocycles. The number of hydrogen-bond donors (Lipinski definition) is 1. The lowest BCUT2D eigenvalue weighted by molar-refractivity contribution is -0.168. The second-order valence-corrected chi connectivity index (χ2v) is 21.0. The first-order valence-corrected chi connectivity index (χ1v) is 21.0. The van der Waals surface area contributed by atoms with Crippen LogP contribution in [-0.4, -0.2) is 60.3 Å². The number of nitrogens with two attached hydrogens (primary N) is 1. The molecule has 0 aromatic carbocycles. The number of rotatable bonds is 14. The zero-order chi connectivity index (χ0) is 39.6. The molecule has 0 aromatic rings. The lowest BCUT2D eigenvalue weighted by atomic mass is 9.44. The Bertz CT molecular complexity index is 1250. The van der Waals surface area contributed by atoms with Gasteiger partial charge in [-0.05, 0) is 186 Å². The molecule has 0 saturated heterocycles. The Labute approximate surface area is 322 Å². The summed E-state index contributed by atoms with van der Waals surface area (Å²) in [6, 6.07) is -0.815. The largest absolute Gasteiger partial charge is 0.461 e. The number of carbonyl (C=O) groups excluding carboxylic acids is 3. The lowest BCUT2D eigenvalue weighted by Crippen LogP contribution is -2.54. The normalized spacial score (nSPS) is 33.5. The van der Waals surface area contributed by atoms with E-state index in [1.165, 1.54) is 38.5 Å². The summed E-state index contributed by atoms with van der Waals surface area (Å²) in [5.41, 5.74) is 5.38. The third-order valence-corrected chi connectivity index (χ3v) is 13.6. The highest BCUT2D eigenvalue weighted by molar-refractivity contribution is 5.77. The lowest BCUT2D eigenvalue weighted by Gasteiger charge is -2.61. The molecule has 4 fully saturated rings. The van der Waals surface area contributed by atoms with Gasteiger partial charge in [0.15, 0.2) is 0 Å². The number of carbonyl (C=O) groups is 3. The molecule has 9 nitrogen and oxygen atoms in total. The van der Waals surface area contributed by atoms with Gasteiger partial charge in [0, 0.05) is 6.42 Å². The number of ether oxygens (including phenoxy) is 5. The summed E-state index contributed by atoms with van der Waals surface area (Å²) < 4.78 is 28.9. The van der Waals surface area contributed by atoms with Crippen LogP contribution in [0, 0.1) is 52.3 Å². The van der Waals surface area contributed by atoms with Crippen molar-refractivity contribution in [2.24, 2.45) is 58.0 Å². The van der Waals surface area contributed by atoms with Crippen LogP contribution in [0.5, 0.6) is 0 Å². The molecule has 8 unspecified atom stereocenters. The minimum Gasteiger partial charge on any atom is -0.461 e. The van der Waals surface area contributed by atoms with Gasteiger partial charge in [-0.2, -0.15) is 0 Å². The van der Waals surface area contributed by atoms with Crippen molar-refractivity contribution in [3.05, 3.63) is 0 Å². The SMILES string of the molecule is C[C@H](CCC(COCOC(C)(C)C)C(=O)OC(C)(C)C)C1CCC2C3CCC4C[C@H](OC(=O)[C@@H](N)CCC(=O)OC(C)(C)C)CCC4(C)C3CCC21C. The number of fused-ring (bicyclic) bond motifs is 5. The molecule has 11 atom stereocenters. The molecule has 4 aliphatic carbocycles. The van der Waals surface area contributed by atoms with E-state index in [-0.39, 0.29) is 54.6 Å². The molecule has 53 heavy (non-hydrogen) atoms. The zero-order valence-electron chi connectivity index (χ0n) is 35.6.